The van der Waals surface area contributed by atoms with Gasteiger partial charge >= 0.3 is 0 Å². The standard InChI is InChI=1S/C35H33BrFNO4/c1-24(36)20-23-42-30-18-14-26(15-19-30)32-31(25-12-16-29(37)17-13-25)33(39)38(34(32)40)22-21-35(41,27-8-4-2-5-9-27)28-10-6-3-7-11-28/h2-19,24,31-32,41H,20-23H2,1H3. The number of nitrogens with zero attached hydrogens (tertiary/aromatic N) is 1. The Morgan fingerprint density at radius 1 is 0.810 bits per heavy atom. The Balaban J connectivity index is 1.45. The number of ether oxygens (including phenoxy) is 1. The number of alkyl halides is 1. The van der Waals surface area contributed by atoms with Gasteiger partial charge in [0.15, 0.2) is 0 Å². The Morgan fingerprint density at radius 3 is 1.76 bits per heavy atom. The summed E-state index contributed by atoms with van der Waals surface area (Å²) in [5.41, 5.74) is 1.17. The van der Waals surface area contributed by atoms with Crippen LogP contribution in [0.25, 0.3) is 0 Å². The summed E-state index contributed by atoms with van der Waals surface area (Å²) in [5.74, 6) is -2.07. The molecule has 4 aromatic carbocycles. The Bertz CT molecular complexity index is 1450. The van der Waals surface area contributed by atoms with Gasteiger partial charge in [0.05, 0.1) is 18.4 Å². The number of hydrogen-bond acceptors (Lipinski definition) is 4. The lowest BCUT2D eigenvalue weighted by Crippen LogP contribution is -2.37. The van der Waals surface area contributed by atoms with Gasteiger partial charge in [-0.3, -0.25) is 14.5 Å². The minimum absolute atomic E-state index is 0.0120. The Hall–Kier alpha value is -3.81. The number of amides is 2. The van der Waals surface area contributed by atoms with Gasteiger partial charge in [-0.25, -0.2) is 4.39 Å². The van der Waals surface area contributed by atoms with Gasteiger partial charge in [-0.15, -0.1) is 0 Å². The van der Waals surface area contributed by atoms with Gasteiger partial charge in [0.2, 0.25) is 11.8 Å². The summed E-state index contributed by atoms with van der Waals surface area (Å²) in [4.78, 5) is 29.5. The third-order valence-corrected chi connectivity index (χ3v) is 8.31. The number of carbonyl (C=O) groups is 2. The lowest BCUT2D eigenvalue weighted by atomic mass is 9.83. The van der Waals surface area contributed by atoms with E-state index in [1.807, 2.05) is 72.8 Å². The molecule has 1 aliphatic rings. The smallest absolute Gasteiger partial charge is 0.237 e. The number of imide groups is 1. The fourth-order valence-corrected chi connectivity index (χ4v) is 5.74. The maximum absolute atomic E-state index is 14.0. The summed E-state index contributed by atoms with van der Waals surface area (Å²) in [7, 11) is 0. The number of likely N-dealkylation sites (tertiary alicyclic amines) is 1. The van der Waals surface area contributed by atoms with Gasteiger partial charge in [-0.1, -0.05) is 108 Å². The largest absolute Gasteiger partial charge is 0.494 e. The Morgan fingerprint density at radius 2 is 1.29 bits per heavy atom. The van der Waals surface area contributed by atoms with Gasteiger partial charge in [0, 0.05) is 17.8 Å². The molecule has 1 saturated heterocycles. The second-order valence-electron chi connectivity index (χ2n) is 10.7. The molecule has 0 aromatic heterocycles. The van der Waals surface area contributed by atoms with Crippen molar-refractivity contribution in [1.82, 2.24) is 4.90 Å². The number of benzene rings is 4. The molecule has 216 valence electrons. The van der Waals surface area contributed by atoms with E-state index in [1.54, 1.807) is 24.3 Å². The first-order valence-corrected chi connectivity index (χ1v) is 15.0. The highest BCUT2D eigenvalue weighted by molar-refractivity contribution is 9.09. The van der Waals surface area contributed by atoms with Crippen molar-refractivity contribution in [2.45, 2.75) is 42.0 Å². The van der Waals surface area contributed by atoms with E-state index in [9.17, 15) is 19.1 Å². The lowest BCUT2D eigenvalue weighted by molar-refractivity contribution is -0.139. The molecule has 1 aliphatic heterocycles. The average molecular weight is 631 g/mol. The van der Waals surface area contributed by atoms with Crippen LogP contribution in [0, 0.1) is 5.82 Å². The molecule has 3 unspecified atom stereocenters. The summed E-state index contributed by atoms with van der Waals surface area (Å²) in [6, 6.07) is 31.5. The molecule has 2 amide bonds. The molecule has 1 heterocycles. The van der Waals surface area contributed by atoms with Crippen molar-refractivity contribution < 1.29 is 23.8 Å². The van der Waals surface area contributed by atoms with Crippen LogP contribution in [0.15, 0.2) is 109 Å². The zero-order valence-corrected chi connectivity index (χ0v) is 24.9. The molecule has 1 N–H and O–H groups in total. The summed E-state index contributed by atoms with van der Waals surface area (Å²) in [5, 5.41) is 12.0. The third-order valence-electron chi connectivity index (χ3n) is 7.85. The summed E-state index contributed by atoms with van der Waals surface area (Å²) in [6.07, 6.45) is 0.956. The molecule has 0 radical (unpaired) electrons. The van der Waals surface area contributed by atoms with Crippen molar-refractivity contribution in [1.29, 1.82) is 0 Å². The predicted molar refractivity (Wildman–Crippen MR) is 164 cm³/mol. The topological polar surface area (TPSA) is 66.8 Å². The van der Waals surface area contributed by atoms with Gasteiger partial charge in [0.1, 0.15) is 17.2 Å². The molecular formula is C35H33BrFNO4. The normalized spacial score (nSPS) is 17.9. The molecule has 0 saturated carbocycles. The van der Waals surface area contributed by atoms with Crippen LogP contribution in [0.4, 0.5) is 4.39 Å². The van der Waals surface area contributed by atoms with E-state index >= 15 is 0 Å². The van der Waals surface area contributed by atoms with Crippen molar-refractivity contribution in [2.24, 2.45) is 0 Å². The van der Waals surface area contributed by atoms with E-state index in [4.69, 9.17) is 4.74 Å². The van der Waals surface area contributed by atoms with E-state index in [0.29, 0.717) is 39.4 Å². The number of rotatable bonds is 11. The quantitative estimate of drug-likeness (QED) is 0.144. The highest BCUT2D eigenvalue weighted by Crippen LogP contribution is 2.43. The molecule has 5 nitrogen and oxygen atoms in total. The van der Waals surface area contributed by atoms with Gasteiger partial charge in [-0.05, 0) is 52.9 Å². The number of hydrogen-bond donors (Lipinski definition) is 1. The van der Waals surface area contributed by atoms with Gasteiger partial charge in [0.25, 0.3) is 0 Å². The van der Waals surface area contributed by atoms with E-state index in [2.05, 4.69) is 22.9 Å². The average Bonchev–Trinajstić information content (AvgIpc) is 3.26. The molecule has 1 fully saturated rings. The fraction of sp³-hybridized carbons (Fsp3) is 0.257. The Kier molecular flexibility index (Phi) is 9.19. The van der Waals surface area contributed by atoms with Crippen molar-refractivity contribution in [2.75, 3.05) is 13.2 Å². The lowest BCUT2D eigenvalue weighted by Gasteiger charge is -2.31. The highest BCUT2D eigenvalue weighted by atomic mass is 79.9. The SMILES string of the molecule is CC(Br)CCOc1ccc(C2C(=O)N(CCC(O)(c3ccccc3)c3ccccc3)C(=O)C2c2ccc(F)cc2)cc1. The van der Waals surface area contributed by atoms with Crippen molar-refractivity contribution >= 4 is 27.7 Å². The molecule has 0 bridgehead atoms. The van der Waals surface area contributed by atoms with Crippen molar-refractivity contribution in [3.05, 3.63) is 137 Å². The summed E-state index contributed by atoms with van der Waals surface area (Å²) < 4.78 is 19.6. The van der Waals surface area contributed by atoms with E-state index in [1.165, 1.54) is 17.0 Å². The number of carbonyl (C=O) groups excluding carboxylic acids is 2. The highest BCUT2D eigenvalue weighted by Gasteiger charge is 2.49. The van der Waals surface area contributed by atoms with Crippen LogP contribution >= 0.6 is 15.9 Å². The van der Waals surface area contributed by atoms with Crippen LogP contribution < -0.4 is 4.74 Å². The third kappa shape index (κ3) is 6.32. The first kappa shape index (κ1) is 29.7. The second-order valence-corrected chi connectivity index (χ2v) is 12.2. The molecule has 3 atom stereocenters. The number of halogens is 2. The summed E-state index contributed by atoms with van der Waals surface area (Å²) in [6.45, 7) is 2.61. The maximum Gasteiger partial charge on any atom is 0.237 e. The monoisotopic (exact) mass is 629 g/mol. The van der Waals surface area contributed by atoms with Gasteiger partial charge < -0.3 is 9.84 Å². The number of aliphatic hydroxyl groups is 1. The minimum atomic E-state index is -1.42. The van der Waals surface area contributed by atoms with Crippen LogP contribution in [0.5, 0.6) is 5.75 Å². The predicted octanol–water partition coefficient (Wildman–Crippen LogP) is 6.94. The van der Waals surface area contributed by atoms with E-state index in [-0.39, 0.29) is 24.8 Å². The molecule has 42 heavy (non-hydrogen) atoms. The molecule has 0 aliphatic carbocycles. The van der Waals surface area contributed by atoms with E-state index in [0.717, 1.165) is 6.42 Å². The first-order valence-electron chi connectivity index (χ1n) is 14.1. The zero-order valence-electron chi connectivity index (χ0n) is 23.3. The van der Waals surface area contributed by atoms with Crippen LogP contribution in [0.1, 0.15) is 53.9 Å². The molecule has 5 rings (SSSR count). The van der Waals surface area contributed by atoms with Gasteiger partial charge in [-0.2, -0.15) is 0 Å². The first-order chi connectivity index (χ1) is 20.3. The summed E-state index contributed by atoms with van der Waals surface area (Å²) >= 11 is 3.51. The van der Waals surface area contributed by atoms with E-state index < -0.39 is 23.3 Å². The molecule has 4 aromatic rings. The fourth-order valence-electron chi connectivity index (χ4n) is 5.56. The van der Waals surface area contributed by atoms with Crippen molar-refractivity contribution in [3.63, 3.8) is 0 Å². The van der Waals surface area contributed by atoms with Crippen LogP contribution in [-0.2, 0) is 15.2 Å². The van der Waals surface area contributed by atoms with Crippen LogP contribution in [0.3, 0.4) is 0 Å². The Labute approximate surface area is 254 Å². The second kappa shape index (κ2) is 13.0. The molecular weight excluding hydrogens is 597 g/mol. The minimum Gasteiger partial charge on any atom is -0.494 e. The van der Waals surface area contributed by atoms with Crippen LogP contribution in [-0.4, -0.2) is 39.8 Å². The van der Waals surface area contributed by atoms with Crippen LogP contribution in [0.2, 0.25) is 0 Å². The maximum atomic E-state index is 14.0. The zero-order chi connectivity index (χ0) is 29.7. The van der Waals surface area contributed by atoms with Crippen molar-refractivity contribution in [3.8, 4) is 5.75 Å². The molecule has 0 spiro atoms. The molecule has 7 heteroatoms.